The molecule has 2 atom stereocenters. The van der Waals surface area contributed by atoms with Gasteiger partial charge in [-0.25, -0.2) is 4.79 Å². The highest BCUT2D eigenvalue weighted by atomic mass is 16.5. The first-order valence-electron chi connectivity index (χ1n) is 22.8. The lowest BCUT2D eigenvalue weighted by Gasteiger charge is -2.15. The molecule has 2 unspecified atom stereocenters. The number of unbranched alkanes of at least 4 members (excludes halogenated alkanes) is 16. The molecule has 0 saturated heterocycles. The third-order valence-electron chi connectivity index (χ3n) is 9.74. The average Bonchev–Trinajstić information content (AvgIpc) is 3.18. The number of nitrogens with one attached hydrogen (secondary N) is 1. The van der Waals surface area contributed by atoms with Crippen molar-refractivity contribution in [1.82, 2.24) is 5.32 Å². The number of rotatable bonds is 40. The van der Waals surface area contributed by atoms with E-state index in [2.05, 4.69) is 92.1 Å². The van der Waals surface area contributed by atoms with E-state index in [1.165, 1.54) is 57.8 Å². The normalized spacial score (nSPS) is 13.3. The maximum absolute atomic E-state index is 12.7. The van der Waals surface area contributed by atoms with Crippen molar-refractivity contribution >= 4 is 17.8 Å². The van der Waals surface area contributed by atoms with Crippen molar-refractivity contribution in [2.75, 3.05) is 6.54 Å². The Kier molecular flexibility index (Phi) is 40.5. The second-order valence-electron chi connectivity index (χ2n) is 15.1. The van der Waals surface area contributed by atoms with Crippen LogP contribution >= 0.6 is 0 Å². The minimum absolute atomic E-state index is 0.0978. The van der Waals surface area contributed by atoms with Gasteiger partial charge in [0.25, 0.3) is 0 Å². The number of carboxylic acids is 1. The fourth-order valence-corrected chi connectivity index (χ4v) is 6.33. The first-order valence-corrected chi connectivity index (χ1v) is 22.8. The number of hydrogen-bond donors (Lipinski definition) is 3. The third kappa shape index (κ3) is 39.1. The Bertz CT molecular complexity index is 1110. The molecule has 0 aromatic carbocycles. The van der Waals surface area contributed by atoms with Gasteiger partial charge in [-0.3, -0.25) is 9.59 Å². The topological polar surface area (TPSA) is 119 Å². The molecule has 0 aromatic rings. The zero-order valence-electron chi connectivity index (χ0n) is 36.0. The monoisotopic (exact) mass is 781 g/mol. The summed E-state index contributed by atoms with van der Waals surface area (Å²) in [5, 5.41) is 11.9. The largest absolute Gasteiger partial charge is 0.480 e. The number of hydrogen-bond acceptors (Lipinski definition) is 5. The molecule has 7 nitrogen and oxygen atoms in total. The van der Waals surface area contributed by atoms with Crippen molar-refractivity contribution in [3.63, 3.8) is 0 Å². The Balaban J connectivity index is 4.24. The molecule has 0 bridgehead atoms. The number of ether oxygens (including phenoxy) is 1. The molecule has 0 saturated carbocycles. The first-order chi connectivity index (χ1) is 27.4. The summed E-state index contributed by atoms with van der Waals surface area (Å²) in [5.41, 5.74) is 5.47. The maximum atomic E-state index is 12.7. The molecule has 0 aromatic heterocycles. The molecule has 0 aliphatic heterocycles. The van der Waals surface area contributed by atoms with Crippen LogP contribution in [0.5, 0.6) is 0 Å². The minimum atomic E-state index is -1.01. The Hall–Kier alpha value is -3.19. The number of amides is 1. The van der Waals surface area contributed by atoms with Crippen molar-refractivity contribution in [1.29, 1.82) is 0 Å². The summed E-state index contributed by atoms with van der Waals surface area (Å²) in [6.07, 6.45) is 55.5. The van der Waals surface area contributed by atoms with E-state index in [4.69, 9.17) is 10.5 Å². The lowest BCUT2D eigenvalue weighted by atomic mass is 10.0. The van der Waals surface area contributed by atoms with Gasteiger partial charge >= 0.3 is 11.9 Å². The summed E-state index contributed by atoms with van der Waals surface area (Å²) in [4.78, 5) is 36.3. The van der Waals surface area contributed by atoms with E-state index in [9.17, 15) is 19.5 Å². The van der Waals surface area contributed by atoms with Gasteiger partial charge < -0.3 is 20.9 Å². The number of allylic oxidation sites excluding steroid dienone is 11. The van der Waals surface area contributed by atoms with Crippen LogP contribution in [0, 0.1) is 0 Å². The molecule has 0 rings (SSSR count). The van der Waals surface area contributed by atoms with E-state index < -0.39 is 12.0 Å². The SMILES string of the molecule is CC/C=C\C/C=C\C/C=C\C(CCCCCCCCC(=O)NC(CCCN)C(=O)O)OC(=O)CCCCCCCC/C=C\C/C=C\C/C=C\CCCCCCC. The smallest absolute Gasteiger partial charge is 0.326 e. The minimum Gasteiger partial charge on any atom is -0.480 e. The first kappa shape index (κ1) is 52.8. The van der Waals surface area contributed by atoms with Crippen molar-refractivity contribution in [3.05, 3.63) is 72.9 Å². The summed E-state index contributed by atoms with van der Waals surface area (Å²) in [6.45, 7) is 4.80. The van der Waals surface area contributed by atoms with Crippen molar-refractivity contribution in [2.45, 2.75) is 212 Å². The lowest BCUT2D eigenvalue weighted by Crippen LogP contribution is -2.40. The van der Waals surface area contributed by atoms with Crippen LogP contribution < -0.4 is 11.1 Å². The van der Waals surface area contributed by atoms with Gasteiger partial charge in [-0.1, -0.05) is 158 Å². The zero-order valence-corrected chi connectivity index (χ0v) is 36.0. The van der Waals surface area contributed by atoms with Gasteiger partial charge in [0.05, 0.1) is 0 Å². The van der Waals surface area contributed by atoms with Crippen molar-refractivity contribution < 1.29 is 24.2 Å². The Labute approximate surface area is 343 Å². The highest BCUT2D eigenvalue weighted by Gasteiger charge is 2.18. The maximum Gasteiger partial charge on any atom is 0.326 e. The van der Waals surface area contributed by atoms with E-state index in [1.54, 1.807) is 0 Å². The van der Waals surface area contributed by atoms with Gasteiger partial charge in [0.1, 0.15) is 12.1 Å². The molecule has 56 heavy (non-hydrogen) atoms. The zero-order chi connectivity index (χ0) is 41.0. The molecule has 0 spiro atoms. The van der Waals surface area contributed by atoms with Crippen molar-refractivity contribution in [3.8, 4) is 0 Å². The molecule has 320 valence electrons. The molecular weight excluding hydrogens is 697 g/mol. The second-order valence-corrected chi connectivity index (χ2v) is 15.1. The van der Waals surface area contributed by atoms with Crippen LogP contribution in [-0.4, -0.2) is 41.6 Å². The van der Waals surface area contributed by atoms with Crippen LogP contribution in [0.1, 0.15) is 200 Å². The standard InChI is InChI=1S/C49H84N2O5/c1-3-5-7-9-11-13-14-15-16-17-18-19-20-21-22-23-24-25-27-33-37-43-48(53)56-45(39-34-30-26-12-10-8-6-4-2)40-35-31-28-29-32-36-42-47(52)51-46(49(54)55)41-38-44-50/h6,8,12,14-15,17-18,20-21,26,34,39,45-46H,3-5,7,9-11,13,16,19,22-25,27-33,35-38,40-44,50H2,1-2H3,(H,51,52)(H,54,55)/b8-6-,15-14-,18-17-,21-20-,26-12-,39-34-. The summed E-state index contributed by atoms with van der Waals surface area (Å²) in [7, 11) is 0. The van der Waals surface area contributed by atoms with Crippen LogP contribution in [0.4, 0.5) is 0 Å². The summed E-state index contributed by atoms with van der Waals surface area (Å²) >= 11 is 0. The predicted octanol–water partition coefficient (Wildman–Crippen LogP) is 13.1. The van der Waals surface area contributed by atoms with Gasteiger partial charge in [-0.05, 0) is 109 Å². The molecular formula is C49H84N2O5. The Morgan fingerprint density at radius 1 is 0.554 bits per heavy atom. The van der Waals surface area contributed by atoms with Crippen LogP contribution in [0.25, 0.3) is 0 Å². The molecule has 7 heteroatoms. The molecule has 0 fully saturated rings. The van der Waals surface area contributed by atoms with Gasteiger partial charge in [0, 0.05) is 12.8 Å². The molecule has 1 amide bonds. The van der Waals surface area contributed by atoms with E-state index in [-0.39, 0.29) is 18.0 Å². The van der Waals surface area contributed by atoms with Crippen LogP contribution in [-0.2, 0) is 19.1 Å². The number of carbonyl (C=O) groups is 3. The Morgan fingerprint density at radius 2 is 1.04 bits per heavy atom. The fourth-order valence-electron chi connectivity index (χ4n) is 6.33. The number of carbonyl (C=O) groups excluding carboxylic acids is 2. The van der Waals surface area contributed by atoms with E-state index >= 15 is 0 Å². The number of esters is 1. The molecule has 0 aliphatic rings. The summed E-state index contributed by atoms with van der Waals surface area (Å²) in [5.74, 6) is -1.32. The van der Waals surface area contributed by atoms with Crippen LogP contribution in [0.2, 0.25) is 0 Å². The molecule has 4 N–H and O–H groups in total. The van der Waals surface area contributed by atoms with Gasteiger partial charge in [0.2, 0.25) is 5.91 Å². The molecule has 0 aliphatic carbocycles. The lowest BCUT2D eigenvalue weighted by molar-refractivity contribution is -0.147. The fraction of sp³-hybridized carbons (Fsp3) is 0.694. The molecule has 0 radical (unpaired) electrons. The van der Waals surface area contributed by atoms with Crippen molar-refractivity contribution in [2.24, 2.45) is 5.73 Å². The van der Waals surface area contributed by atoms with Gasteiger partial charge in [0.15, 0.2) is 0 Å². The van der Waals surface area contributed by atoms with E-state index in [0.717, 1.165) is 103 Å². The predicted molar refractivity (Wildman–Crippen MR) is 239 cm³/mol. The van der Waals surface area contributed by atoms with Gasteiger partial charge in [-0.15, -0.1) is 0 Å². The number of aliphatic carboxylic acids is 1. The quantitative estimate of drug-likeness (QED) is 0.0324. The van der Waals surface area contributed by atoms with E-state index in [0.29, 0.717) is 32.2 Å². The number of carboxylic acid groups (broad SMARTS) is 1. The summed E-state index contributed by atoms with van der Waals surface area (Å²) in [6, 6.07) is -0.861. The average molecular weight is 781 g/mol. The third-order valence-corrected chi connectivity index (χ3v) is 9.74. The van der Waals surface area contributed by atoms with Crippen LogP contribution in [0.15, 0.2) is 72.9 Å². The van der Waals surface area contributed by atoms with Gasteiger partial charge in [-0.2, -0.15) is 0 Å². The second kappa shape index (κ2) is 42.9. The Morgan fingerprint density at radius 3 is 1.59 bits per heavy atom. The van der Waals surface area contributed by atoms with E-state index in [1.807, 2.05) is 0 Å². The highest BCUT2D eigenvalue weighted by molar-refractivity contribution is 5.83. The number of nitrogens with two attached hydrogens (primary N) is 1. The molecule has 0 heterocycles. The van der Waals surface area contributed by atoms with Crippen LogP contribution in [0.3, 0.4) is 0 Å². The summed E-state index contributed by atoms with van der Waals surface area (Å²) < 4.78 is 5.93. The highest BCUT2D eigenvalue weighted by Crippen LogP contribution is 2.15.